The Morgan fingerprint density at radius 1 is 1.40 bits per heavy atom. The molecular weight excluding hydrogens is 256 g/mol. The van der Waals surface area contributed by atoms with Crippen molar-refractivity contribution >= 4 is 11.6 Å². The summed E-state index contributed by atoms with van der Waals surface area (Å²) >= 11 is 0. The third kappa shape index (κ3) is 4.83. The monoisotopic (exact) mass is 278 g/mol. The first-order valence-corrected chi connectivity index (χ1v) is 7.09. The number of rotatable bonds is 6. The number of carbonyl (C=O) groups excluding carboxylic acids is 1. The molecule has 1 aliphatic heterocycles. The zero-order chi connectivity index (χ0) is 14.2. The number of nitrogens with one attached hydrogen (secondary N) is 1. The molecule has 110 valence electrons. The Morgan fingerprint density at radius 3 is 2.95 bits per heavy atom. The van der Waals surface area contributed by atoms with Crippen molar-refractivity contribution in [2.45, 2.75) is 25.4 Å². The SMILES string of the molecule is Nc1cccc(C(=O)NCCCOC2CCOCC2)c1. The maximum atomic E-state index is 11.8. The Balaban J connectivity index is 1.59. The number of hydrogen-bond donors (Lipinski definition) is 2. The van der Waals surface area contributed by atoms with Crippen molar-refractivity contribution in [3.63, 3.8) is 0 Å². The van der Waals surface area contributed by atoms with Gasteiger partial charge < -0.3 is 20.5 Å². The van der Waals surface area contributed by atoms with E-state index in [-0.39, 0.29) is 5.91 Å². The number of anilines is 1. The highest BCUT2D eigenvalue weighted by Gasteiger charge is 2.13. The number of nitrogen functional groups attached to an aromatic ring is 1. The predicted molar refractivity (Wildman–Crippen MR) is 77.6 cm³/mol. The lowest BCUT2D eigenvalue weighted by atomic mass is 10.1. The minimum atomic E-state index is -0.0941. The van der Waals surface area contributed by atoms with E-state index in [2.05, 4.69) is 5.32 Å². The normalized spacial score (nSPS) is 16.0. The Morgan fingerprint density at radius 2 is 2.20 bits per heavy atom. The first kappa shape index (κ1) is 14.8. The fraction of sp³-hybridized carbons (Fsp3) is 0.533. The summed E-state index contributed by atoms with van der Waals surface area (Å²) in [5, 5.41) is 2.86. The van der Waals surface area contributed by atoms with Crippen molar-refractivity contribution in [3.8, 4) is 0 Å². The molecule has 1 fully saturated rings. The highest BCUT2D eigenvalue weighted by Crippen LogP contribution is 2.10. The second-order valence-electron chi connectivity index (χ2n) is 4.92. The maximum absolute atomic E-state index is 11.8. The number of nitrogens with two attached hydrogens (primary N) is 1. The lowest BCUT2D eigenvalue weighted by Gasteiger charge is -2.22. The number of benzene rings is 1. The van der Waals surface area contributed by atoms with Gasteiger partial charge in [-0.2, -0.15) is 0 Å². The Bertz CT molecular complexity index is 431. The van der Waals surface area contributed by atoms with Crippen LogP contribution in [0.2, 0.25) is 0 Å². The molecule has 0 spiro atoms. The zero-order valence-electron chi connectivity index (χ0n) is 11.6. The van der Waals surface area contributed by atoms with Crippen molar-refractivity contribution in [2.24, 2.45) is 0 Å². The molecule has 3 N–H and O–H groups in total. The number of hydrogen-bond acceptors (Lipinski definition) is 4. The summed E-state index contributed by atoms with van der Waals surface area (Å²) < 4.78 is 11.0. The number of carbonyl (C=O) groups is 1. The van der Waals surface area contributed by atoms with Gasteiger partial charge in [0.1, 0.15) is 0 Å². The quantitative estimate of drug-likeness (QED) is 0.612. The molecule has 0 aliphatic carbocycles. The van der Waals surface area contributed by atoms with Crippen molar-refractivity contribution in [2.75, 3.05) is 32.1 Å². The smallest absolute Gasteiger partial charge is 0.251 e. The summed E-state index contributed by atoms with van der Waals surface area (Å²) in [5.74, 6) is -0.0941. The van der Waals surface area contributed by atoms with Crippen LogP contribution in [0.5, 0.6) is 0 Å². The van der Waals surface area contributed by atoms with Crippen LogP contribution >= 0.6 is 0 Å². The van der Waals surface area contributed by atoms with Crippen LogP contribution < -0.4 is 11.1 Å². The topological polar surface area (TPSA) is 73.6 Å². The van der Waals surface area contributed by atoms with Gasteiger partial charge in [-0.1, -0.05) is 6.07 Å². The molecule has 0 bridgehead atoms. The Kier molecular flexibility index (Phi) is 5.83. The van der Waals surface area contributed by atoms with Gasteiger partial charge in [0.2, 0.25) is 0 Å². The summed E-state index contributed by atoms with van der Waals surface area (Å²) in [6.45, 7) is 2.85. The first-order valence-electron chi connectivity index (χ1n) is 7.09. The molecule has 0 atom stereocenters. The predicted octanol–water partition coefficient (Wildman–Crippen LogP) is 1.58. The van der Waals surface area contributed by atoms with Crippen LogP contribution in [0.4, 0.5) is 5.69 Å². The Hall–Kier alpha value is -1.59. The lowest BCUT2D eigenvalue weighted by Crippen LogP contribution is -2.27. The van der Waals surface area contributed by atoms with Crippen molar-refractivity contribution in [1.82, 2.24) is 5.32 Å². The average Bonchev–Trinajstić information content (AvgIpc) is 2.48. The Labute approximate surface area is 119 Å². The van der Waals surface area contributed by atoms with Gasteiger partial charge in [-0.3, -0.25) is 4.79 Å². The van der Waals surface area contributed by atoms with E-state index in [1.165, 1.54) is 0 Å². The van der Waals surface area contributed by atoms with E-state index >= 15 is 0 Å². The van der Waals surface area contributed by atoms with Gasteiger partial charge in [0.25, 0.3) is 5.91 Å². The van der Waals surface area contributed by atoms with Crippen LogP contribution in [0.3, 0.4) is 0 Å². The summed E-state index contributed by atoms with van der Waals surface area (Å²) in [6, 6.07) is 6.97. The molecule has 5 nitrogen and oxygen atoms in total. The third-order valence-corrected chi connectivity index (χ3v) is 3.28. The van der Waals surface area contributed by atoms with Gasteiger partial charge in [0.15, 0.2) is 0 Å². The summed E-state index contributed by atoms with van der Waals surface area (Å²) in [4.78, 5) is 11.8. The van der Waals surface area contributed by atoms with E-state index in [0.29, 0.717) is 30.5 Å². The van der Waals surface area contributed by atoms with Gasteiger partial charge in [0, 0.05) is 37.6 Å². The average molecular weight is 278 g/mol. The lowest BCUT2D eigenvalue weighted by molar-refractivity contribution is -0.0321. The molecule has 0 aromatic heterocycles. The van der Waals surface area contributed by atoms with Gasteiger partial charge in [-0.25, -0.2) is 0 Å². The van der Waals surface area contributed by atoms with Crippen LogP contribution in [-0.4, -0.2) is 38.4 Å². The first-order chi connectivity index (χ1) is 9.75. The molecule has 1 aliphatic rings. The molecule has 1 aromatic rings. The van der Waals surface area contributed by atoms with E-state index in [0.717, 1.165) is 32.5 Å². The van der Waals surface area contributed by atoms with E-state index in [1.54, 1.807) is 24.3 Å². The molecular formula is C15H22N2O3. The highest BCUT2D eigenvalue weighted by atomic mass is 16.5. The van der Waals surface area contributed by atoms with Gasteiger partial charge in [0.05, 0.1) is 6.10 Å². The molecule has 0 unspecified atom stereocenters. The minimum Gasteiger partial charge on any atom is -0.399 e. The largest absolute Gasteiger partial charge is 0.399 e. The zero-order valence-corrected chi connectivity index (χ0v) is 11.6. The highest BCUT2D eigenvalue weighted by molar-refractivity contribution is 5.94. The van der Waals surface area contributed by atoms with Crippen molar-refractivity contribution in [1.29, 1.82) is 0 Å². The van der Waals surface area contributed by atoms with E-state index in [4.69, 9.17) is 15.2 Å². The number of ether oxygens (including phenoxy) is 2. The van der Waals surface area contributed by atoms with Crippen LogP contribution in [0, 0.1) is 0 Å². The van der Waals surface area contributed by atoms with E-state index in [1.807, 2.05) is 0 Å². The fourth-order valence-corrected chi connectivity index (χ4v) is 2.15. The van der Waals surface area contributed by atoms with Crippen LogP contribution in [0.15, 0.2) is 24.3 Å². The molecule has 2 rings (SSSR count). The van der Waals surface area contributed by atoms with E-state index in [9.17, 15) is 4.79 Å². The summed E-state index contributed by atoms with van der Waals surface area (Å²) in [6.07, 6.45) is 3.06. The number of amides is 1. The van der Waals surface area contributed by atoms with Gasteiger partial charge in [-0.15, -0.1) is 0 Å². The standard InChI is InChI=1S/C15H22N2O3/c16-13-4-1-3-12(11-13)15(18)17-7-2-8-20-14-5-9-19-10-6-14/h1,3-4,11,14H,2,5-10,16H2,(H,17,18). The molecule has 0 radical (unpaired) electrons. The molecule has 1 heterocycles. The fourth-order valence-electron chi connectivity index (χ4n) is 2.15. The van der Waals surface area contributed by atoms with Gasteiger partial charge in [-0.05, 0) is 37.5 Å². The van der Waals surface area contributed by atoms with Crippen LogP contribution in [-0.2, 0) is 9.47 Å². The van der Waals surface area contributed by atoms with Crippen LogP contribution in [0.1, 0.15) is 29.6 Å². The van der Waals surface area contributed by atoms with Crippen molar-refractivity contribution < 1.29 is 14.3 Å². The molecule has 1 amide bonds. The maximum Gasteiger partial charge on any atom is 0.251 e. The van der Waals surface area contributed by atoms with Crippen LogP contribution in [0.25, 0.3) is 0 Å². The molecule has 5 heteroatoms. The molecule has 1 aromatic carbocycles. The minimum absolute atomic E-state index is 0.0941. The second-order valence-corrected chi connectivity index (χ2v) is 4.92. The molecule has 20 heavy (non-hydrogen) atoms. The van der Waals surface area contributed by atoms with Crippen molar-refractivity contribution in [3.05, 3.63) is 29.8 Å². The third-order valence-electron chi connectivity index (χ3n) is 3.28. The second kappa shape index (κ2) is 7.87. The summed E-state index contributed by atoms with van der Waals surface area (Å²) in [7, 11) is 0. The van der Waals surface area contributed by atoms with E-state index < -0.39 is 0 Å². The molecule has 0 saturated carbocycles. The van der Waals surface area contributed by atoms with Gasteiger partial charge >= 0.3 is 0 Å². The summed E-state index contributed by atoms with van der Waals surface area (Å²) in [5.41, 5.74) is 6.84. The molecule has 1 saturated heterocycles.